The number of nitrogens with zero attached hydrogens (tertiary/aromatic N) is 1. The smallest absolute Gasteiger partial charge is 0.243 e. The van der Waals surface area contributed by atoms with Gasteiger partial charge in [-0.15, -0.1) is 0 Å². The molecule has 8 heteroatoms. The summed E-state index contributed by atoms with van der Waals surface area (Å²) >= 11 is 0. The summed E-state index contributed by atoms with van der Waals surface area (Å²) in [5, 5.41) is 0. The van der Waals surface area contributed by atoms with Crippen LogP contribution in [0.3, 0.4) is 0 Å². The van der Waals surface area contributed by atoms with E-state index in [1.807, 2.05) is 0 Å². The highest BCUT2D eigenvalue weighted by Gasteiger charge is 2.46. The Balaban J connectivity index is 2.40. The minimum atomic E-state index is -3.77. The number of methoxy groups -OCH3 is 1. The molecule has 1 heterocycles. The van der Waals surface area contributed by atoms with Crippen LogP contribution in [0.25, 0.3) is 0 Å². The maximum absolute atomic E-state index is 12.8. The van der Waals surface area contributed by atoms with Gasteiger partial charge in [-0.25, -0.2) is 16.8 Å². The predicted molar refractivity (Wildman–Crippen MR) is 84.4 cm³/mol. The summed E-state index contributed by atoms with van der Waals surface area (Å²) in [5.41, 5.74) is -0.202. The first-order chi connectivity index (χ1) is 10.0. The Labute approximate surface area is 132 Å². The number of rotatable bonds is 4. The third-order valence-electron chi connectivity index (χ3n) is 4.27. The molecule has 0 aromatic heterocycles. The lowest BCUT2D eigenvalue weighted by molar-refractivity contribution is 0.272. The predicted octanol–water partition coefficient (Wildman–Crippen LogP) is 1.20. The van der Waals surface area contributed by atoms with Crippen molar-refractivity contribution in [1.82, 2.24) is 4.31 Å². The van der Waals surface area contributed by atoms with Gasteiger partial charge in [0.1, 0.15) is 5.75 Å². The summed E-state index contributed by atoms with van der Waals surface area (Å²) in [4.78, 5) is 0.138. The van der Waals surface area contributed by atoms with Gasteiger partial charge >= 0.3 is 0 Å². The van der Waals surface area contributed by atoms with E-state index in [0.717, 1.165) is 0 Å². The summed E-state index contributed by atoms with van der Waals surface area (Å²) < 4.78 is 55.3. The van der Waals surface area contributed by atoms with E-state index in [2.05, 4.69) is 0 Å². The van der Waals surface area contributed by atoms with Gasteiger partial charge in [-0.05, 0) is 44.0 Å². The van der Waals surface area contributed by atoms with Crippen LogP contribution < -0.4 is 4.74 Å². The number of hydrogen-bond acceptors (Lipinski definition) is 5. The fourth-order valence-electron chi connectivity index (χ4n) is 2.70. The van der Waals surface area contributed by atoms with Crippen LogP contribution in [0.4, 0.5) is 0 Å². The molecule has 0 aliphatic carbocycles. The average Bonchev–Trinajstić information content (AvgIpc) is 2.72. The highest BCUT2D eigenvalue weighted by molar-refractivity contribution is 7.92. The van der Waals surface area contributed by atoms with E-state index < -0.39 is 25.4 Å². The summed E-state index contributed by atoms with van der Waals surface area (Å²) in [6.07, 6.45) is 0.306. The molecule has 1 aromatic rings. The molecule has 2 rings (SSSR count). The Bertz CT molecular complexity index is 785. The van der Waals surface area contributed by atoms with Crippen molar-refractivity contribution >= 4 is 19.9 Å². The number of benzene rings is 1. The molecule has 1 fully saturated rings. The first-order valence-electron chi connectivity index (χ1n) is 6.86. The molecular formula is C14H21NO5S2. The Morgan fingerprint density at radius 3 is 2.41 bits per heavy atom. The zero-order valence-corrected chi connectivity index (χ0v) is 14.8. The zero-order chi connectivity index (χ0) is 16.8. The average molecular weight is 347 g/mol. The molecule has 0 spiro atoms. The van der Waals surface area contributed by atoms with Crippen molar-refractivity contribution in [3.8, 4) is 5.75 Å². The second kappa shape index (κ2) is 5.50. The highest BCUT2D eigenvalue weighted by atomic mass is 32.2. The fourth-order valence-corrected chi connectivity index (χ4v) is 6.58. The Hall–Kier alpha value is -1.12. The Kier molecular flexibility index (Phi) is 4.31. The van der Waals surface area contributed by atoms with Gasteiger partial charge in [-0.2, -0.15) is 4.31 Å². The molecule has 1 saturated heterocycles. The maximum atomic E-state index is 12.8. The maximum Gasteiger partial charge on any atom is 0.243 e. The van der Waals surface area contributed by atoms with Crippen molar-refractivity contribution in [3.63, 3.8) is 0 Å². The number of sulfonamides is 1. The number of ether oxygens (including phenoxy) is 1. The summed E-state index contributed by atoms with van der Waals surface area (Å²) in [6, 6.07) is 4.62. The third kappa shape index (κ3) is 3.00. The SMILES string of the molecule is COc1ccc(S(=O)(=O)N(C)[C@]2(C)CCS(=O)(=O)C2)cc1C. The lowest BCUT2D eigenvalue weighted by Gasteiger charge is -2.33. The summed E-state index contributed by atoms with van der Waals surface area (Å²) in [7, 11) is -3.99. The van der Waals surface area contributed by atoms with Gasteiger partial charge in [-0.1, -0.05) is 0 Å². The van der Waals surface area contributed by atoms with Crippen molar-refractivity contribution in [2.45, 2.75) is 30.7 Å². The van der Waals surface area contributed by atoms with Crippen LogP contribution in [0.5, 0.6) is 5.75 Å². The summed E-state index contributed by atoms with van der Waals surface area (Å²) in [6.45, 7) is 3.44. The second-order valence-corrected chi connectivity index (χ2v) is 10.1. The molecule has 1 atom stereocenters. The molecule has 0 N–H and O–H groups in total. The van der Waals surface area contributed by atoms with E-state index >= 15 is 0 Å². The van der Waals surface area contributed by atoms with E-state index in [9.17, 15) is 16.8 Å². The fraction of sp³-hybridized carbons (Fsp3) is 0.571. The minimum Gasteiger partial charge on any atom is -0.496 e. The first kappa shape index (κ1) is 17.2. The van der Waals surface area contributed by atoms with Gasteiger partial charge in [0.15, 0.2) is 9.84 Å². The van der Waals surface area contributed by atoms with Gasteiger partial charge in [0.25, 0.3) is 0 Å². The first-order valence-corrected chi connectivity index (χ1v) is 10.1. The number of hydrogen-bond donors (Lipinski definition) is 0. The van der Waals surface area contributed by atoms with Crippen molar-refractivity contribution in [3.05, 3.63) is 23.8 Å². The molecule has 0 amide bonds. The Morgan fingerprint density at radius 1 is 1.32 bits per heavy atom. The monoisotopic (exact) mass is 347 g/mol. The van der Waals surface area contributed by atoms with E-state index in [1.54, 1.807) is 19.9 Å². The van der Waals surface area contributed by atoms with Gasteiger partial charge in [0.05, 0.1) is 23.5 Å². The standard InChI is InChI=1S/C14H21NO5S2/c1-11-9-12(5-6-13(11)20-4)22(18,19)15(3)14(2)7-8-21(16,17)10-14/h5-6,9H,7-8,10H2,1-4H3/t14-/m1/s1. The minimum absolute atomic E-state index is 0.0188. The molecule has 1 aromatic carbocycles. The van der Waals surface area contributed by atoms with Crippen molar-refractivity contribution in [2.75, 3.05) is 25.7 Å². The van der Waals surface area contributed by atoms with Crippen LogP contribution in [0.1, 0.15) is 18.9 Å². The molecular weight excluding hydrogens is 326 g/mol. The largest absolute Gasteiger partial charge is 0.496 e. The van der Waals surface area contributed by atoms with Gasteiger partial charge in [0, 0.05) is 12.6 Å². The summed E-state index contributed by atoms with van der Waals surface area (Å²) in [5.74, 6) is 0.479. The molecule has 0 bridgehead atoms. The molecule has 0 saturated carbocycles. The number of sulfone groups is 1. The van der Waals surface area contributed by atoms with E-state index in [-0.39, 0.29) is 16.4 Å². The molecule has 124 valence electrons. The third-order valence-corrected chi connectivity index (χ3v) is 8.17. The van der Waals surface area contributed by atoms with Crippen molar-refractivity contribution < 1.29 is 21.6 Å². The van der Waals surface area contributed by atoms with Gasteiger partial charge < -0.3 is 4.74 Å². The van der Waals surface area contributed by atoms with Crippen LogP contribution in [0.15, 0.2) is 23.1 Å². The topological polar surface area (TPSA) is 80.8 Å². The highest BCUT2D eigenvalue weighted by Crippen LogP contribution is 2.33. The molecule has 22 heavy (non-hydrogen) atoms. The van der Waals surface area contributed by atoms with Crippen LogP contribution >= 0.6 is 0 Å². The molecule has 0 radical (unpaired) electrons. The van der Waals surface area contributed by atoms with Crippen molar-refractivity contribution in [1.29, 1.82) is 0 Å². The van der Waals surface area contributed by atoms with E-state index in [1.165, 1.54) is 30.6 Å². The molecule has 6 nitrogen and oxygen atoms in total. The zero-order valence-electron chi connectivity index (χ0n) is 13.2. The Morgan fingerprint density at radius 2 is 1.95 bits per heavy atom. The van der Waals surface area contributed by atoms with E-state index in [0.29, 0.717) is 17.7 Å². The lowest BCUT2D eigenvalue weighted by Crippen LogP contribution is -2.48. The lowest BCUT2D eigenvalue weighted by atomic mass is 10.0. The molecule has 1 aliphatic heterocycles. The normalized spacial score (nSPS) is 24.6. The van der Waals surface area contributed by atoms with Crippen LogP contribution in [-0.2, 0) is 19.9 Å². The van der Waals surface area contributed by atoms with Crippen LogP contribution in [-0.4, -0.2) is 52.3 Å². The second-order valence-electron chi connectivity index (χ2n) is 5.94. The molecule has 1 aliphatic rings. The van der Waals surface area contributed by atoms with Crippen LogP contribution in [0.2, 0.25) is 0 Å². The number of aryl methyl sites for hydroxylation is 1. The van der Waals surface area contributed by atoms with E-state index in [4.69, 9.17) is 4.74 Å². The quantitative estimate of drug-likeness (QED) is 0.817. The van der Waals surface area contributed by atoms with Gasteiger partial charge in [0.2, 0.25) is 10.0 Å². The van der Waals surface area contributed by atoms with Crippen LogP contribution in [0, 0.1) is 6.92 Å². The molecule has 0 unspecified atom stereocenters. The van der Waals surface area contributed by atoms with Crippen molar-refractivity contribution in [2.24, 2.45) is 0 Å². The van der Waals surface area contributed by atoms with Gasteiger partial charge in [-0.3, -0.25) is 0 Å².